The molecule has 0 unspecified atom stereocenters. The Hall–Kier alpha value is -2.63. The molecule has 1 aliphatic carbocycles. The van der Waals surface area contributed by atoms with Crippen LogP contribution in [0, 0.1) is 6.92 Å². The van der Waals surface area contributed by atoms with E-state index in [0.717, 1.165) is 37.1 Å². The number of hydrogen-bond donors (Lipinski definition) is 1. The molecule has 1 amide bonds. The van der Waals surface area contributed by atoms with Crippen molar-refractivity contribution in [3.8, 4) is 5.69 Å². The second-order valence-electron chi connectivity index (χ2n) is 6.47. The molecule has 2 aromatic rings. The molecule has 6 heteroatoms. The summed E-state index contributed by atoms with van der Waals surface area (Å²) in [5, 5.41) is 7.17. The molecule has 1 N–H and O–H groups in total. The molecule has 3 rings (SSSR count). The average Bonchev–Trinajstić information content (AvgIpc) is 3.26. The zero-order chi connectivity index (χ0) is 17.8. The second kappa shape index (κ2) is 7.51. The van der Waals surface area contributed by atoms with Crippen molar-refractivity contribution in [1.29, 1.82) is 0 Å². The number of rotatable bonds is 5. The Balaban J connectivity index is 1.59. The van der Waals surface area contributed by atoms with Gasteiger partial charge in [0, 0.05) is 17.9 Å². The quantitative estimate of drug-likeness (QED) is 0.849. The van der Waals surface area contributed by atoms with Crippen LogP contribution in [-0.2, 0) is 9.53 Å². The van der Waals surface area contributed by atoms with E-state index in [1.807, 2.05) is 13.0 Å². The average molecular weight is 341 g/mol. The third kappa shape index (κ3) is 4.07. The third-order valence-corrected chi connectivity index (χ3v) is 4.53. The summed E-state index contributed by atoms with van der Waals surface area (Å²) in [7, 11) is 0. The van der Waals surface area contributed by atoms with Crippen molar-refractivity contribution in [3.05, 3.63) is 47.8 Å². The van der Waals surface area contributed by atoms with E-state index in [4.69, 9.17) is 4.74 Å². The van der Waals surface area contributed by atoms with Gasteiger partial charge in [0.1, 0.15) is 0 Å². The monoisotopic (exact) mass is 341 g/mol. The van der Waals surface area contributed by atoms with Crippen LogP contribution in [0.25, 0.3) is 5.69 Å². The molecule has 1 heterocycles. The minimum Gasteiger partial charge on any atom is -0.449 e. The molecule has 1 aliphatic rings. The van der Waals surface area contributed by atoms with Gasteiger partial charge in [-0.3, -0.25) is 4.79 Å². The smallest absolute Gasteiger partial charge is 0.338 e. The fourth-order valence-corrected chi connectivity index (χ4v) is 3.05. The first-order valence-corrected chi connectivity index (χ1v) is 8.67. The molecule has 0 saturated heterocycles. The molecule has 6 nitrogen and oxygen atoms in total. The Morgan fingerprint density at radius 2 is 1.88 bits per heavy atom. The van der Waals surface area contributed by atoms with Crippen molar-refractivity contribution in [1.82, 2.24) is 15.1 Å². The lowest BCUT2D eigenvalue weighted by Crippen LogP contribution is -2.40. The maximum atomic E-state index is 12.2. The number of amides is 1. The first-order chi connectivity index (χ1) is 12.0. The Kier molecular flexibility index (Phi) is 5.16. The Morgan fingerprint density at radius 1 is 1.20 bits per heavy atom. The minimum atomic E-state index is -0.805. The molecule has 0 spiro atoms. The first kappa shape index (κ1) is 17.2. The van der Waals surface area contributed by atoms with E-state index in [1.165, 1.54) is 0 Å². The number of hydrogen-bond acceptors (Lipinski definition) is 4. The van der Waals surface area contributed by atoms with Crippen molar-refractivity contribution >= 4 is 11.9 Å². The van der Waals surface area contributed by atoms with Crippen LogP contribution in [-0.4, -0.2) is 33.8 Å². The van der Waals surface area contributed by atoms with E-state index in [0.29, 0.717) is 5.56 Å². The van der Waals surface area contributed by atoms with Gasteiger partial charge in [-0.15, -0.1) is 0 Å². The van der Waals surface area contributed by atoms with Crippen LogP contribution < -0.4 is 5.32 Å². The van der Waals surface area contributed by atoms with E-state index < -0.39 is 12.1 Å². The van der Waals surface area contributed by atoms with Crippen LogP contribution in [0.2, 0.25) is 0 Å². The van der Waals surface area contributed by atoms with E-state index >= 15 is 0 Å². The van der Waals surface area contributed by atoms with Gasteiger partial charge in [0.2, 0.25) is 0 Å². The van der Waals surface area contributed by atoms with Crippen LogP contribution in [0.3, 0.4) is 0 Å². The van der Waals surface area contributed by atoms with Crippen LogP contribution in [0.15, 0.2) is 36.5 Å². The first-order valence-electron chi connectivity index (χ1n) is 8.67. The van der Waals surface area contributed by atoms with Gasteiger partial charge >= 0.3 is 5.97 Å². The zero-order valence-corrected chi connectivity index (χ0v) is 14.6. The normalized spacial score (nSPS) is 15.8. The van der Waals surface area contributed by atoms with Gasteiger partial charge in [0.25, 0.3) is 5.91 Å². The topological polar surface area (TPSA) is 73.2 Å². The van der Waals surface area contributed by atoms with Crippen molar-refractivity contribution < 1.29 is 14.3 Å². The number of carbonyl (C=O) groups is 2. The molecule has 0 aliphatic heterocycles. The highest BCUT2D eigenvalue weighted by atomic mass is 16.5. The summed E-state index contributed by atoms with van der Waals surface area (Å²) in [4.78, 5) is 24.3. The molecule has 1 fully saturated rings. The molecule has 25 heavy (non-hydrogen) atoms. The fourth-order valence-electron chi connectivity index (χ4n) is 3.05. The molecule has 0 bridgehead atoms. The summed E-state index contributed by atoms with van der Waals surface area (Å²) in [6, 6.07) is 9.10. The van der Waals surface area contributed by atoms with Gasteiger partial charge in [0.15, 0.2) is 6.10 Å². The summed E-state index contributed by atoms with van der Waals surface area (Å²) in [6.07, 6.45) is 5.20. The number of aryl methyl sites for hydroxylation is 1. The van der Waals surface area contributed by atoms with Crippen molar-refractivity contribution in [2.75, 3.05) is 0 Å². The van der Waals surface area contributed by atoms with E-state index in [-0.39, 0.29) is 11.9 Å². The number of ether oxygens (including phenoxy) is 1. The van der Waals surface area contributed by atoms with Gasteiger partial charge in [-0.1, -0.05) is 12.8 Å². The van der Waals surface area contributed by atoms with E-state index in [9.17, 15) is 9.59 Å². The van der Waals surface area contributed by atoms with E-state index in [1.54, 1.807) is 42.1 Å². The number of aromatic nitrogens is 2. The number of carbonyl (C=O) groups excluding carboxylic acids is 2. The third-order valence-electron chi connectivity index (χ3n) is 4.53. The summed E-state index contributed by atoms with van der Waals surface area (Å²) >= 11 is 0. The lowest BCUT2D eigenvalue weighted by atomic mass is 10.2. The highest BCUT2D eigenvalue weighted by Crippen LogP contribution is 2.18. The van der Waals surface area contributed by atoms with Crippen molar-refractivity contribution in [2.24, 2.45) is 0 Å². The van der Waals surface area contributed by atoms with Crippen LogP contribution >= 0.6 is 0 Å². The SMILES string of the molecule is Cc1ccnn1-c1ccc(C(=O)O[C@H](C)C(=O)NC2CCCC2)cc1. The maximum Gasteiger partial charge on any atom is 0.338 e. The molecular formula is C19H23N3O3. The number of esters is 1. The molecule has 1 aromatic heterocycles. The summed E-state index contributed by atoms with van der Waals surface area (Å²) < 4.78 is 7.07. The van der Waals surface area contributed by atoms with Crippen LogP contribution in [0.1, 0.15) is 48.7 Å². The summed E-state index contributed by atoms with van der Waals surface area (Å²) in [5.41, 5.74) is 2.28. The largest absolute Gasteiger partial charge is 0.449 e. The highest BCUT2D eigenvalue weighted by molar-refractivity contribution is 5.92. The molecule has 1 saturated carbocycles. The zero-order valence-electron chi connectivity index (χ0n) is 14.6. The lowest BCUT2D eigenvalue weighted by molar-refractivity contribution is -0.129. The number of nitrogens with zero attached hydrogens (tertiary/aromatic N) is 2. The maximum absolute atomic E-state index is 12.2. The minimum absolute atomic E-state index is 0.213. The Bertz CT molecular complexity index is 746. The number of benzene rings is 1. The van der Waals surface area contributed by atoms with Gasteiger partial charge < -0.3 is 10.1 Å². The summed E-state index contributed by atoms with van der Waals surface area (Å²) in [6.45, 7) is 3.56. The van der Waals surface area contributed by atoms with E-state index in [2.05, 4.69) is 10.4 Å². The molecule has 1 atom stereocenters. The van der Waals surface area contributed by atoms with Gasteiger partial charge in [-0.25, -0.2) is 9.48 Å². The lowest BCUT2D eigenvalue weighted by Gasteiger charge is -2.17. The predicted molar refractivity (Wildman–Crippen MR) is 93.6 cm³/mol. The van der Waals surface area contributed by atoms with Gasteiger partial charge in [0.05, 0.1) is 11.3 Å². The van der Waals surface area contributed by atoms with Crippen LogP contribution in [0.4, 0.5) is 0 Å². The second-order valence-corrected chi connectivity index (χ2v) is 6.47. The molecule has 132 valence electrons. The van der Waals surface area contributed by atoms with Gasteiger partial charge in [-0.2, -0.15) is 5.10 Å². The highest BCUT2D eigenvalue weighted by Gasteiger charge is 2.23. The summed E-state index contributed by atoms with van der Waals surface area (Å²) in [5.74, 6) is -0.734. The van der Waals surface area contributed by atoms with Crippen LogP contribution in [0.5, 0.6) is 0 Å². The standard InChI is InChI=1S/C19H23N3O3/c1-13-11-12-20-22(13)17-9-7-15(8-10-17)19(24)25-14(2)18(23)21-16-5-3-4-6-16/h7-12,14,16H,3-6H2,1-2H3,(H,21,23)/t14-/m1/s1. The number of nitrogens with one attached hydrogen (secondary N) is 1. The Labute approximate surface area is 147 Å². The Morgan fingerprint density at radius 3 is 2.48 bits per heavy atom. The fraction of sp³-hybridized carbons (Fsp3) is 0.421. The van der Waals surface area contributed by atoms with Gasteiger partial charge in [-0.05, 0) is 57.0 Å². The molecule has 0 radical (unpaired) electrons. The molecule has 1 aromatic carbocycles. The van der Waals surface area contributed by atoms with Crippen molar-refractivity contribution in [3.63, 3.8) is 0 Å². The predicted octanol–water partition coefficient (Wildman–Crippen LogP) is 2.78. The van der Waals surface area contributed by atoms with Crippen molar-refractivity contribution in [2.45, 2.75) is 51.7 Å². The molecular weight excluding hydrogens is 318 g/mol.